The summed E-state index contributed by atoms with van der Waals surface area (Å²) in [6, 6.07) is 0.628. The third-order valence-electron chi connectivity index (χ3n) is 5.75. The normalized spacial score (nSPS) is 29.2. The highest BCUT2D eigenvalue weighted by atomic mass is 15.2. The van der Waals surface area contributed by atoms with Crippen LogP contribution in [0.15, 0.2) is 0 Å². The van der Waals surface area contributed by atoms with E-state index in [1.165, 1.54) is 38.5 Å². The number of likely N-dealkylation sites (N-methyl/N-ethyl adjacent to an activating group) is 2. The van der Waals surface area contributed by atoms with E-state index in [0.717, 1.165) is 18.4 Å². The maximum Gasteiger partial charge on any atom is 0.0328 e. The van der Waals surface area contributed by atoms with Crippen LogP contribution < -0.4 is 5.32 Å². The van der Waals surface area contributed by atoms with E-state index in [-0.39, 0.29) is 5.54 Å². The molecule has 0 amide bonds. The Morgan fingerprint density at radius 2 is 1.79 bits per heavy atom. The van der Waals surface area contributed by atoms with Gasteiger partial charge >= 0.3 is 0 Å². The first-order valence-corrected chi connectivity index (χ1v) is 8.42. The van der Waals surface area contributed by atoms with E-state index in [2.05, 4.69) is 52.0 Å². The van der Waals surface area contributed by atoms with Crippen molar-refractivity contribution >= 4 is 0 Å². The van der Waals surface area contributed by atoms with Gasteiger partial charge in [0.15, 0.2) is 0 Å². The smallest absolute Gasteiger partial charge is 0.0328 e. The van der Waals surface area contributed by atoms with Gasteiger partial charge < -0.3 is 10.2 Å². The minimum absolute atomic E-state index is 0.269. The number of rotatable bonds is 7. The zero-order chi connectivity index (χ0) is 14.5. The Morgan fingerprint density at radius 1 is 1.16 bits per heavy atom. The monoisotopic (exact) mass is 268 g/mol. The highest BCUT2D eigenvalue weighted by Crippen LogP contribution is 2.39. The Bertz CT molecular complexity index is 252. The Kier molecular flexibility index (Phi) is 6.82. The lowest BCUT2D eigenvalue weighted by Gasteiger charge is -2.49. The maximum atomic E-state index is 3.85. The fourth-order valence-electron chi connectivity index (χ4n) is 4.05. The van der Waals surface area contributed by atoms with E-state index in [1.807, 2.05) is 0 Å². The molecule has 1 rings (SSSR count). The second kappa shape index (κ2) is 7.64. The first kappa shape index (κ1) is 17.0. The summed E-state index contributed by atoms with van der Waals surface area (Å²) in [5.41, 5.74) is 0.269. The van der Waals surface area contributed by atoms with E-state index in [1.54, 1.807) is 0 Å². The second-order valence-corrected chi connectivity index (χ2v) is 6.76. The molecule has 0 spiro atoms. The number of nitrogens with one attached hydrogen (secondary N) is 1. The van der Waals surface area contributed by atoms with E-state index in [9.17, 15) is 0 Å². The summed E-state index contributed by atoms with van der Waals surface area (Å²) in [7, 11) is 4.50. The molecule has 4 atom stereocenters. The van der Waals surface area contributed by atoms with Crippen molar-refractivity contribution in [2.45, 2.75) is 77.8 Å². The van der Waals surface area contributed by atoms with E-state index < -0.39 is 0 Å². The molecule has 2 nitrogen and oxygen atoms in total. The zero-order valence-corrected chi connectivity index (χ0v) is 14.1. The molecular weight excluding hydrogens is 232 g/mol. The van der Waals surface area contributed by atoms with Crippen LogP contribution in [0.1, 0.15) is 66.2 Å². The first-order valence-electron chi connectivity index (χ1n) is 8.42. The minimum Gasteiger partial charge on any atom is -0.312 e. The largest absolute Gasteiger partial charge is 0.312 e. The Hall–Kier alpha value is -0.0800. The van der Waals surface area contributed by atoms with Crippen LogP contribution in [0.5, 0.6) is 0 Å². The van der Waals surface area contributed by atoms with Crippen LogP contribution in [0, 0.1) is 11.8 Å². The van der Waals surface area contributed by atoms with Crippen LogP contribution in [0.3, 0.4) is 0 Å². The molecule has 114 valence electrons. The summed E-state index contributed by atoms with van der Waals surface area (Å²) >= 11 is 0. The van der Waals surface area contributed by atoms with Crippen molar-refractivity contribution < 1.29 is 0 Å². The molecule has 0 aromatic rings. The van der Waals surface area contributed by atoms with Crippen molar-refractivity contribution in [3.05, 3.63) is 0 Å². The molecule has 0 aromatic carbocycles. The highest BCUT2D eigenvalue weighted by Gasteiger charge is 2.42. The Morgan fingerprint density at radius 3 is 2.26 bits per heavy atom. The number of nitrogens with zero attached hydrogens (tertiary/aromatic N) is 1. The number of hydrogen-bond donors (Lipinski definition) is 1. The van der Waals surface area contributed by atoms with Gasteiger partial charge in [-0.1, -0.05) is 46.5 Å². The molecule has 0 heterocycles. The summed E-state index contributed by atoms with van der Waals surface area (Å²) in [5, 5.41) is 3.85. The molecule has 0 bridgehead atoms. The summed E-state index contributed by atoms with van der Waals surface area (Å²) in [4.78, 5) is 2.45. The van der Waals surface area contributed by atoms with Crippen LogP contribution in [-0.4, -0.2) is 37.1 Å². The molecule has 1 N–H and O–H groups in total. The summed E-state index contributed by atoms with van der Waals surface area (Å²) in [5.74, 6) is 1.77. The standard InChI is InChI=1S/C17H36N2/c1-7-14-12-10-11-13-15(14)16(18-9-3)17(4,8-2)19(5)6/h14-16,18H,7-13H2,1-6H3. The van der Waals surface area contributed by atoms with Gasteiger partial charge in [0.1, 0.15) is 0 Å². The molecule has 2 heteroatoms. The predicted molar refractivity (Wildman–Crippen MR) is 85.6 cm³/mol. The SMILES string of the molecule is CCNC(C1CCCCC1CC)C(C)(CC)N(C)C. The van der Waals surface area contributed by atoms with Crippen molar-refractivity contribution in [1.82, 2.24) is 10.2 Å². The molecule has 1 fully saturated rings. The zero-order valence-electron chi connectivity index (χ0n) is 14.1. The van der Waals surface area contributed by atoms with Crippen molar-refractivity contribution in [3.63, 3.8) is 0 Å². The van der Waals surface area contributed by atoms with Gasteiger partial charge in [-0.15, -0.1) is 0 Å². The van der Waals surface area contributed by atoms with Crippen molar-refractivity contribution in [2.75, 3.05) is 20.6 Å². The molecular formula is C17H36N2. The lowest BCUT2D eigenvalue weighted by molar-refractivity contribution is 0.0441. The summed E-state index contributed by atoms with van der Waals surface area (Å²) < 4.78 is 0. The van der Waals surface area contributed by atoms with Gasteiger partial charge in [-0.2, -0.15) is 0 Å². The van der Waals surface area contributed by atoms with Crippen molar-refractivity contribution in [3.8, 4) is 0 Å². The van der Waals surface area contributed by atoms with Gasteiger partial charge in [0.25, 0.3) is 0 Å². The second-order valence-electron chi connectivity index (χ2n) is 6.76. The van der Waals surface area contributed by atoms with E-state index >= 15 is 0 Å². The first-order chi connectivity index (χ1) is 9.01. The van der Waals surface area contributed by atoms with Gasteiger partial charge in [-0.25, -0.2) is 0 Å². The fourth-order valence-corrected chi connectivity index (χ4v) is 4.05. The van der Waals surface area contributed by atoms with Gasteiger partial charge in [0.05, 0.1) is 0 Å². The molecule has 4 unspecified atom stereocenters. The average Bonchev–Trinajstić information content (AvgIpc) is 2.43. The van der Waals surface area contributed by atoms with Crippen molar-refractivity contribution in [2.24, 2.45) is 11.8 Å². The quantitative estimate of drug-likeness (QED) is 0.753. The minimum atomic E-state index is 0.269. The highest BCUT2D eigenvalue weighted by molar-refractivity contribution is 5.00. The van der Waals surface area contributed by atoms with Crippen LogP contribution in [0.2, 0.25) is 0 Å². The summed E-state index contributed by atoms with van der Waals surface area (Å²) in [6.07, 6.45) is 8.29. The molecule has 0 aromatic heterocycles. The predicted octanol–water partition coefficient (Wildman–Crippen LogP) is 3.91. The van der Waals surface area contributed by atoms with Gasteiger partial charge in [0.2, 0.25) is 0 Å². The molecule has 19 heavy (non-hydrogen) atoms. The third kappa shape index (κ3) is 3.72. The maximum absolute atomic E-state index is 3.85. The Labute approximate surface area is 121 Å². The molecule has 1 aliphatic carbocycles. The van der Waals surface area contributed by atoms with Crippen LogP contribution in [-0.2, 0) is 0 Å². The fraction of sp³-hybridized carbons (Fsp3) is 1.00. The molecule has 1 saturated carbocycles. The van der Waals surface area contributed by atoms with Gasteiger partial charge in [-0.3, -0.25) is 0 Å². The molecule has 0 aliphatic heterocycles. The number of hydrogen-bond acceptors (Lipinski definition) is 2. The van der Waals surface area contributed by atoms with Crippen LogP contribution in [0.4, 0.5) is 0 Å². The summed E-state index contributed by atoms with van der Waals surface area (Å²) in [6.45, 7) is 10.5. The van der Waals surface area contributed by atoms with Crippen LogP contribution in [0.25, 0.3) is 0 Å². The van der Waals surface area contributed by atoms with E-state index in [0.29, 0.717) is 6.04 Å². The average molecular weight is 268 g/mol. The van der Waals surface area contributed by atoms with Crippen molar-refractivity contribution in [1.29, 1.82) is 0 Å². The third-order valence-corrected chi connectivity index (χ3v) is 5.75. The van der Waals surface area contributed by atoms with Gasteiger partial charge in [0, 0.05) is 11.6 Å². The molecule has 0 saturated heterocycles. The lowest BCUT2D eigenvalue weighted by Crippen LogP contribution is -2.61. The Balaban J connectivity index is 2.96. The van der Waals surface area contributed by atoms with E-state index in [4.69, 9.17) is 0 Å². The van der Waals surface area contributed by atoms with Gasteiger partial charge in [-0.05, 0) is 52.2 Å². The topological polar surface area (TPSA) is 15.3 Å². The molecule has 1 aliphatic rings. The van der Waals surface area contributed by atoms with Crippen LogP contribution >= 0.6 is 0 Å². The molecule has 0 radical (unpaired) electrons. The lowest BCUT2D eigenvalue weighted by atomic mass is 9.68.